The Hall–Kier alpha value is -1.60. The minimum absolute atomic E-state index is 0.00858. The number of hydrogen-bond acceptors (Lipinski definition) is 4. The standard InChI is InChI=1S/C26H32Cl2N2O3S/c1-2-3-4-7-24(31)29(16-19-6-5-13-33-19)17-25(32)30-12-10-23-21(11-14-34-23)26(30)20-9-8-18(27)15-22(20)28/h8-9,11,14-15,19,26H,2-7,10,12-13,16-17H2,1H3. The fourth-order valence-electron chi connectivity index (χ4n) is 4.87. The summed E-state index contributed by atoms with van der Waals surface area (Å²) in [5, 5.41) is 3.17. The number of amides is 2. The number of ether oxygens (including phenoxy) is 1. The lowest BCUT2D eigenvalue weighted by Crippen LogP contribution is -2.48. The van der Waals surface area contributed by atoms with Gasteiger partial charge in [-0.1, -0.05) is 49.0 Å². The smallest absolute Gasteiger partial charge is 0.242 e. The van der Waals surface area contributed by atoms with Gasteiger partial charge in [0.15, 0.2) is 0 Å². The summed E-state index contributed by atoms with van der Waals surface area (Å²) in [5.41, 5.74) is 1.97. The maximum Gasteiger partial charge on any atom is 0.242 e. The van der Waals surface area contributed by atoms with Crippen LogP contribution >= 0.6 is 34.5 Å². The number of benzene rings is 1. The van der Waals surface area contributed by atoms with Gasteiger partial charge in [-0.15, -0.1) is 11.3 Å². The molecule has 0 aliphatic carbocycles. The molecule has 1 fully saturated rings. The Labute approximate surface area is 216 Å². The Balaban J connectivity index is 1.57. The van der Waals surface area contributed by atoms with Crippen LogP contribution in [0.1, 0.15) is 67.5 Å². The lowest BCUT2D eigenvalue weighted by atomic mass is 9.93. The van der Waals surface area contributed by atoms with Gasteiger partial charge in [0.05, 0.1) is 18.7 Å². The molecule has 2 unspecified atom stereocenters. The molecular weight excluding hydrogens is 491 g/mol. The van der Waals surface area contributed by atoms with Crippen molar-refractivity contribution in [1.29, 1.82) is 0 Å². The third kappa shape index (κ3) is 5.96. The van der Waals surface area contributed by atoms with Crippen LogP contribution in [0.15, 0.2) is 29.6 Å². The van der Waals surface area contributed by atoms with Gasteiger partial charge in [0.25, 0.3) is 0 Å². The zero-order valence-corrected chi connectivity index (χ0v) is 21.9. The van der Waals surface area contributed by atoms with E-state index in [-0.39, 0.29) is 30.5 Å². The van der Waals surface area contributed by atoms with Crippen LogP contribution in [0, 0.1) is 0 Å². The highest BCUT2D eigenvalue weighted by Gasteiger charge is 2.35. The number of nitrogens with zero attached hydrogens (tertiary/aromatic N) is 2. The first-order valence-electron chi connectivity index (χ1n) is 12.2. The van der Waals surface area contributed by atoms with Crippen LogP contribution in [0.2, 0.25) is 10.0 Å². The predicted octanol–water partition coefficient (Wildman–Crippen LogP) is 6.12. The normalized spacial score (nSPS) is 19.8. The van der Waals surface area contributed by atoms with Crippen LogP contribution in [0.3, 0.4) is 0 Å². The zero-order chi connectivity index (χ0) is 24.1. The molecule has 0 spiro atoms. The Morgan fingerprint density at radius 2 is 2.06 bits per heavy atom. The molecule has 2 aliphatic heterocycles. The van der Waals surface area contributed by atoms with Crippen LogP contribution in [0.4, 0.5) is 0 Å². The lowest BCUT2D eigenvalue weighted by molar-refractivity contribution is -0.143. The summed E-state index contributed by atoms with van der Waals surface area (Å²) in [6, 6.07) is 7.24. The first-order valence-corrected chi connectivity index (χ1v) is 13.8. The quantitative estimate of drug-likeness (QED) is 0.373. The first-order chi connectivity index (χ1) is 16.5. The van der Waals surface area contributed by atoms with Crippen molar-refractivity contribution in [1.82, 2.24) is 9.80 Å². The Morgan fingerprint density at radius 3 is 2.79 bits per heavy atom. The first kappa shape index (κ1) is 25.5. The average molecular weight is 524 g/mol. The third-order valence-electron chi connectivity index (χ3n) is 6.66. The van der Waals surface area contributed by atoms with Gasteiger partial charge in [-0.05, 0) is 60.4 Å². The van der Waals surface area contributed by atoms with Crippen molar-refractivity contribution in [2.45, 2.75) is 64.0 Å². The number of rotatable bonds is 9. The van der Waals surface area contributed by atoms with Crippen LogP contribution in [-0.4, -0.2) is 54.0 Å². The fourth-order valence-corrected chi connectivity index (χ4v) is 6.29. The average Bonchev–Trinajstić information content (AvgIpc) is 3.50. The van der Waals surface area contributed by atoms with Gasteiger partial charge in [-0.2, -0.15) is 0 Å². The lowest BCUT2D eigenvalue weighted by Gasteiger charge is -2.38. The van der Waals surface area contributed by atoms with Gasteiger partial charge in [0.1, 0.15) is 0 Å². The Kier molecular flexibility index (Phi) is 8.92. The molecule has 4 rings (SSSR count). The molecule has 0 saturated carbocycles. The van der Waals surface area contributed by atoms with E-state index in [0.717, 1.165) is 56.3 Å². The van der Waals surface area contributed by atoms with Gasteiger partial charge >= 0.3 is 0 Å². The van der Waals surface area contributed by atoms with E-state index in [1.165, 1.54) is 4.88 Å². The number of carbonyl (C=O) groups is 2. The van der Waals surface area contributed by atoms with Gasteiger partial charge in [-0.3, -0.25) is 9.59 Å². The topological polar surface area (TPSA) is 49.9 Å². The molecule has 0 bridgehead atoms. The minimum atomic E-state index is -0.285. The summed E-state index contributed by atoms with van der Waals surface area (Å²) in [6.07, 6.45) is 6.12. The molecule has 1 aromatic carbocycles. The molecule has 1 saturated heterocycles. The molecule has 0 N–H and O–H groups in total. The highest BCUT2D eigenvalue weighted by Crippen LogP contribution is 2.41. The van der Waals surface area contributed by atoms with Crippen molar-refractivity contribution in [2.75, 3.05) is 26.2 Å². The number of thiophene rings is 1. The van der Waals surface area contributed by atoms with E-state index in [2.05, 4.69) is 18.4 Å². The molecule has 0 radical (unpaired) electrons. The van der Waals surface area contributed by atoms with E-state index >= 15 is 0 Å². The molecular formula is C26H32Cl2N2O3S. The summed E-state index contributed by atoms with van der Waals surface area (Å²) in [4.78, 5) is 31.7. The Bertz CT molecular complexity index is 1010. The van der Waals surface area contributed by atoms with Gasteiger partial charge in [0.2, 0.25) is 11.8 Å². The van der Waals surface area contributed by atoms with Gasteiger partial charge in [-0.25, -0.2) is 0 Å². The van der Waals surface area contributed by atoms with E-state index in [9.17, 15) is 9.59 Å². The van der Waals surface area contributed by atoms with E-state index in [1.807, 2.05) is 17.0 Å². The van der Waals surface area contributed by atoms with E-state index in [4.69, 9.17) is 27.9 Å². The van der Waals surface area contributed by atoms with Crippen molar-refractivity contribution in [2.24, 2.45) is 0 Å². The van der Waals surface area contributed by atoms with E-state index in [1.54, 1.807) is 22.3 Å². The number of halogens is 2. The van der Waals surface area contributed by atoms with E-state index in [0.29, 0.717) is 29.6 Å². The number of carbonyl (C=O) groups excluding carboxylic acids is 2. The van der Waals surface area contributed by atoms with Crippen LogP contribution in [0.5, 0.6) is 0 Å². The third-order valence-corrected chi connectivity index (χ3v) is 8.22. The molecule has 2 atom stereocenters. The molecule has 184 valence electrons. The maximum absolute atomic E-state index is 13.7. The van der Waals surface area contributed by atoms with Crippen molar-refractivity contribution >= 4 is 46.4 Å². The molecule has 34 heavy (non-hydrogen) atoms. The van der Waals surface area contributed by atoms with Crippen LogP contribution in [0.25, 0.3) is 0 Å². The Morgan fingerprint density at radius 1 is 1.21 bits per heavy atom. The van der Waals surface area contributed by atoms with Crippen LogP contribution in [-0.2, 0) is 20.7 Å². The highest BCUT2D eigenvalue weighted by molar-refractivity contribution is 7.10. The fraction of sp³-hybridized carbons (Fsp3) is 0.538. The summed E-state index contributed by atoms with van der Waals surface area (Å²) >= 11 is 14.5. The zero-order valence-electron chi connectivity index (χ0n) is 19.6. The van der Waals surface area contributed by atoms with Crippen LogP contribution < -0.4 is 0 Å². The second-order valence-electron chi connectivity index (χ2n) is 9.07. The number of hydrogen-bond donors (Lipinski definition) is 0. The summed E-state index contributed by atoms with van der Waals surface area (Å²) < 4.78 is 5.79. The molecule has 1 aromatic heterocycles. The SMILES string of the molecule is CCCCCC(=O)N(CC(=O)N1CCc2sccc2C1c1ccc(Cl)cc1Cl)CC1CCCO1. The van der Waals surface area contributed by atoms with E-state index < -0.39 is 0 Å². The minimum Gasteiger partial charge on any atom is -0.376 e. The highest BCUT2D eigenvalue weighted by atomic mass is 35.5. The number of unbranched alkanes of at least 4 members (excludes halogenated alkanes) is 2. The molecule has 3 heterocycles. The van der Waals surface area contributed by atoms with Crippen molar-refractivity contribution in [3.8, 4) is 0 Å². The molecule has 8 heteroatoms. The number of fused-ring (bicyclic) bond motifs is 1. The summed E-state index contributed by atoms with van der Waals surface area (Å²) in [5.74, 6) is -0.0266. The van der Waals surface area contributed by atoms with Crippen molar-refractivity contribution < 1.29 is 14.3 Å². The predicted molar refractivity (Wildman–Crippen MR) is 138 cm³/mol. The second kappa shape index (κ2) is 11.9. The maximum atomic E-state index is 13.7. The second-order valence-corrected chi connectivity index (χ2v) is 10.9. The largest absolute Gasteiger partial charge is 0.376 e. The summed E-state index contributed by atoms with van der Waals surface area (Å²) in [7, 11) is 0. The van der Waals surface area contributed by atoms with Crippen molar-refractivity contribution in [3.63, 3.8) is 0 Å². The van der Waals surface area contributed by atoms with Crippen molar-refractivity contribution in [3.05, 3.63) is 55.7 Å². The summed E-state index contributed by atoms with van der Waals surface area (Å²) in [6.45, 7) is 3.97. The molecule has 2 amide bonds. The molecule has 2 aliphatic rings. The monoisotopic (exact) mass is 522 g/mol. The van der Waals surface area contributed by atoms with Gasteiger partial charge in [0, 0.05) is 41.0 Å². The van der Waals surface area contributed by atoms with Gasteiger partial charge < -0.3 is 14.5 Å². The molecule has 5 nitrogen and oxygen atoms in total. The molecule has 2 aromatic rings.